The van der Waals surface area contributed by atoms with Crippen molar-refractivity contribution in [3.05, 3.63) is 35.4 Å². The standard InChI is InChI=1S/C8H10S/c1-7-4-2-3-5-8(7)6-9/h2-5,9H,6H2,1H3/i1D. The summed E-state index contributed by atoms with van der Waals surface area (Å²) in [6.07, 6.45) is 0. The molecule has 1 aromatic rings. The highest BCUT2D eigenvalue weighted by Crippen LogP contribution is 2.08. The Labute approximate surface area is 62.7 Å². The number of thiol groups is 1. The third kappa shape index (κ3) is 1.49. The van der Waals surface area contributed by atoms with Crippen LogP contribution < -0.4 is 0 Å². The number of rotatable bonds is 1. The molecule has 0 unspecified atom stereocenters. The maximum Gasteiger partial charge on any atom is 0.0280 e. The Balaban J connectivity index is 2.96. The van der Waals surface area contributed by atoms with Gasteiger partial charge in [0.15, 0.2) is 0 Å². The van der Waals surface area contributed by atoms with Gasteiger partial charge < -0.3 is 0 Å². The van der Waals surface area contributed by atoms with Gasteiger partial charge in [-0.15, -0.1) is 0 Å². The molecule has 9 heavy (non-hydrogen) atoms. The Morgan fingerprint density at radius 1 is 1.56 bits per heavy atom. The first-order valence-electron chi connectivity index (χ1n) is 3.56. The molecule has 0 aromatic heterocycles. The quantitative estimate of drug-likeness (QED) is 0.567. The lowest BCUT2D eigenvalue weighted by Gasteiger charge is -1.98. The molecule has 0 aliphatic rings. The number of aryl methyl sites for hydroxylation is 1. The normalized spacial score (nSPS) is 11.0. The molecule has 1 rings (SSSR count). The van der Waals surface area contributed by atoms with Gasteiger partial charge in [0.1, 0.15) is 0 Å². The van der Waals surface area contributed by atoms with Crippen molar-refractivity contribution in [2.24, 2.45) is 0 Å². The van der Waals surface area contributed by atoms with Crippen molar-refractivity contribution >= 4 is 12.6 Å². The first-order valence-corrected chi connectivity index (χ1v) is 3.48. The fourth-order valence-electron chi connectivity index (χ4n) is 0.712. The molecule has 0 aliphatic heterocycles. The molecule has 0 saturated heterocycles. The van der Waals surface area contributed by atoms with Crippen molar-refractivity contribution < 1.29 is 1.37 Å². The molecule has 0 saturated carbocycles. The smallest absolute Gasteiger partial charge is 0.0280 e. The number of hydrogen-bond acceptors (Lipinski definition) is 1. The lowest BCUT2D eigenvalue weighted by molar-refractivity contribution is 1.32. The summed E-state index contributed by atoms with van der Waals surface area (Å²) in [5.41, 5.74) is 2.25. The van der Waals surface area contributed by atoms with E-state index in [1.165, 1.54) is 5.56 Å². The number of hydrogen-bond donors (Lipinski definition) is 1. The fraction of sp³-hybridized carbons (Fsp3) is 0.250. The molecule has 0 bridgehead atoms. The van der Waals surface area contributed by atoms with E-state index in [1.54, 1.807) is 0 Å². The predicted molar refractivity (Wildman–Crippen MR) is 43.9 cm³/mol. The summed E-state index contributed by atoms with van der Waals surface area (Å²) >= 11 is 4.15. The minimum absolute atomic E-state index is 0.358. The van der Waals surface area contributed by atoms with Crippen molar-refractivity contribution in [3.63, 3.8) is 0 Å². The molecule has 0 amide bonds. The van der Waals surface area contributed by atoms with Crippen LogP contribution in [0.15, 0.2) is 24.3 Å². The second kappa shape index (κ2) is 2.92. The van der Waals surface area contributed by atoms with Crippen LogP contribution in [-0.2, 0) is 5.75 Å². The zero-order chi connectivity index (χ0) is 7.40. The molecule has 0 N–H and O–H groups in total. The second-order valence-corrected chi connectivity index (χ2v) is 2.24. The highest BCUT2D eigenvalue weighted by atomic mass is 32.1. The molecule has 1 heteroatoms. The number of benzene rings is 1. The lowest BCUT2D eigenvalue weighted by atomic mass is 10.1. The van der Waals surface area contributed by atoms with Crippen LogP contribution in [0.5, 0.6) is 0 Å². The summed E-state index contributed by atoms with van der Waals surface area (Å²) < 4.78 is 7.15. The molecular weight excluding hydrogens is 128 g/mol. The fourth-order valence-corrected chi connectivity index (χ4v) is 1.02. The van der Waals surface area contributed by atoms with E-state index in [1.807, 2.05) is 24.3 Å². The topological polar surface area (TPSA) is 0 Å². The Bertz CT molecular complexity index is 187. The largest absolute Gasteiger partial charge is 0.175 e. The molecule has 0 heterocycles. The van der Waals surface area contributed by atoms with Crippen LogP contribution in [-0.4, -0.2) is 0 Å². The van der Waals surface area contributed by atoms with E-state index in [0.717, 1.165) is 11.3 Å². The zero-order valence-corrected chi connectivity index (χ0v) is 6.07. The Hall–Kier alpha value is -0.430. The maximum atomic E-state index is 7.15. The Morgan fingerprint density at radius 2 is 2.33 bits per heavy atom. The van der Waals surface area contributed by atoms with Crippen LogP contribution in [0, 0.1) is 6.90 Å². The molecule has 48 valence electrons. The summed E-state index contributed by atoms with van der Waals surface area (Å²) in [4.78, 5) is 0. The van der Waals surface area contributed by atoms with Gasteiger partial charge in [0.05, 0.1) is 0 Å². The van der Waals surface area contributed by atoms with Crippen LogP contribution in [0.4, 0.5) is 0 Å². The SMILES string of the molecule is [2H]Cc1ccccc1CS. The van der Waals surface area contributed by atoms with Gasteiger partial charge in [-0.05, 0) is 18.0 Å². The summed E-state index contributed by atoms with van der Waals surface area (Å²) in [7, 11) is 0. The van der Waals surface area contributed by atoms with Gasteiger partial charge in [0.25, 0.3) is 0 Å². The second-order valence-electron chi connectivity index (χ2n) is 1.93. The predicted octanol–water partition coefficient (Wildman–Crippen LogP) is 2.42. The van der Waals surface area contributed by atoms with Crippen molar-refractivity contribution in [2.45, 2.75) is 12.7 Å². The van der Waals surface area contributed by atoms with Gasteiger partial charge in [-0.25, -0.2) is 0 Å². The van der Waals surface area contributed by atoms with Gasteiger partial charge in [-0.3, -0.25) is 0 Å². The van der Waals surface area contributed by atoms with E-state index >= 15 is 0 Å². The molecule has 0 atom stereocenters. The third-order valence-corrected chi connectivity index (χ3v) is 1.63. The molecule has 0 spiro atoms. The molecule has 0 nitrogen and oxygen atoms in total. The van der Waals surface area contributed by atoms with E-state index in [-0.39, 0.29) is 0 Å². The monoisotopic (exact) mass is 139 g/mol. The molecule has 0 aliphatic carbocycles. The summed E-state index contributed by atoms with van der Waals surface area (Å²) in [5.74, 6) is 0.731. The van der Waals surface area contributed by atoms with Gasteiger partial charge in [-0.2, -0.15) is 12.6 Å². The van der Waals surface area contributed by atoms with Crippen LogP contribution in [0.25, 0.3) is 0 Å². The van der Waals surface area contributed by atoms with Crippen molar-refractivity contribution in [1.82, 2.24) is 0 Å². The van der Waals surface area contributed by atoms with E-state index in [4.69, 9.17) is 1.37 Å². The van der Waals surface area contributed by atoms with Gasteiger partial charge in [0.2, 0.25) is 0 Å². The van der Waals surface area contributed by atoms with Crippen molar-refractivity contribution in [1.29, 1.82) is 0 Å². The minimum Gasteiger partial charge on any atom is -0.175 e. The van der Waals surface area contributed by atoms with Gasteiger partial charge in [0, 0.05) is 7.12 Å². The van der Waals surface area contributed by atoms with Gasteiger partial charge in [-0.1, -0.05) is 24.3 Å². The average Bonchev–Trinajstić information content (AvgIpc) is 2.04. The van der Waals surface area contributed by atoms with Crippen molar-refractivity contribution in [3.8, 4) is 0 Å². The van der Waals surface area contributed by atoms with E-state index in [0.29, 0.717) is 6.90 Å². The Kier molecular flexibility index (Phi) is 1.74. The summed E-state index contributed by atoms with van der Waals surface area (Å²) in [5, 5.41) is 0. The Morgan fingerprint density at radius 3 is 2.89 bits per heavy atom. The molecule has 1 aromatic carbocycles. The summed E-state index contributed by atoms with van der Waals surface area (Å²) in [6.45, 7) is 0.358. The van der Waals surface area contributed by atoms with Crippen LogP contribution in [0.2, 0.25) is 0 Å². The first-order chi connectivity index (χ1) is 4.88. The van der Waals surface area contributed by atoms with Gasteiger partial charge >= 0.3 is 0 Å². The van der Waals surface area contributed by atoms with Crippen LogP contribution in [0.1, 0.15) is 12.5 Å². The first kappa shape index (κ1) is 5.36. The summed E-state index contributed by atoms with van der Waals surface area (Å²) in [6, 6.07) is 7.91. The zero-order valence-electron chi connectivity index (χ0n) is 6.17. The highest BCUT2D eigenvalue weighted by Gasteiger charge is 1.89. The van der Waals surface area contributed by atoms with Crippen LogP contribution >= 0.6 is 12.6 Å². The average molecular weight is 139 g/mol. The third-order valence-electron chi connectivity index (χ3n) is 1.29. The van der Waals surface area contributed by atoms with Crippen molar-refractivity contribution in [2.75, 3.05) is 0 Å². The van der Waals surface area contributed by atoms with E-state index in [2.05, 4.69) is 12.6 Å². The lowest BCUT2D eigenvalue weighted by Crippen LogP contribution is -1.80. The maximum absolute atomic E-state index is 7.15. The van der Waals surface area contributed by atoms with E-state index in [9.17, 15) is 0 Å². The minimum atomic E-state index is 0.358. The highest BCUT2D eigenvalue weighted by molar-refractivity contribution is 7.79. The van der Waals surface area contributed by atoms with E-state index < -0.39 is 0 Å². The van der Waals surface area contributed by atoms with Crippen LogP contribution in [0.3, 0.4) is 0 Å². The molecule has 0 fully saturated rings. The molecule has 0 radical (unpaired) electrons. The molecular formula is C8H10S.